The predicted molar refractivity (Wildman–Crippen MR) is 119 cm³/mol. The lowest BCUT2D eigenvalue weighted by atomic mass is 10.3. The van der Waals surface area contributed by atoms with Gasteiger partial charge in [-0.05, 0) is 12.5 Å². The topological polar surface area (TPSA) is 78.2 Å². The minimum atomic E-state index is 0. The molecule has 158 valence electrons. The van der Waals surface area contributed by atoms with Gasteiger partial charge >= 0.3 is 0 Å². The number of morpholine rings is 1. The van der Waals surface area contributed by atoms with Gasteiger partial charge < -0.3 is 19.9 Å². The summed E-state index contributed by atoms with van der Waals surface area (Å²) in [5.74, 6) is 1.13. The Balaban J connectivity index is 0.00000280. The molecule has 0 radical (unpaired) electrons. The summed E-state index contributed by atoms with van der Waals surface area (Å²) in [4.78, 5) is 23.2. The number of carbonyl (C=O) groups excluding carboxylic acids is 1. The zero-order chi connectivity index (χ0) is 19.1. The number of hydrogen-bond acceptors (Lipinski definition) is 5. The van der Waals surface area contributed by atoms with E-state index in [0.29, 0.717) is 32.8 Å². The zero-order valence-corrected chi connectivity index (χ0v) is 19.2. The van der Waals surface area contributed by atoms with Crippen molar-refractivity contribution in [1.82, 2.24) is 29.8 Å². The first-order valence-electron chi connectivity index (χ1n) is 9.68. The summed E-state index contributed by atoms with van der Waals surface area (Å²) in [5.41, 5.74) is 1.17. The van der Waals surface area contributed by atoms with Gasteiger partial charge in [0.2, 0.25) is 5.91 Å². The Morgan fingerprint density at radius 3 is 2.50 bits per heavy atom. The van der Waals surface area contributed by atoms with Gasteiger partial charge in [-0.3, -0.25) is 19.4 Å². The lowest BCUT2D eigenvalue weighted by molar-refractivity contribution is -0.136. The van der Waals surface area contributed by atoms with Crippen molar-refractivity contribution in [3.63, 3.8) is 0 Å². The largest absolute Gasteiger partial charge is 0.378 e. The zero-order valence-electron chi connectivity index (χ0n) is 16.8. The summed E-state index contributed by atoms with van der Waals surface area (Å²) in [5, 5.41) is 7.71. The summed E-state index contributed by atoms with van der Waals surface area (Å²) in [7, 11) is 1.81. The quantitative estimate of drug-likeness (QED) is 0.341. The number of rotatable bonds is 5. The number of nitrogens with one attached hydrogen (secondary N) is 1. The monoisotopic (exact) mass is 505 g/mol. The van der Waals surface area contributed by atoms with Crippen LogP contribution < -0.4 is 5.32 Å². The molecule has 2 saturated heterocycles. The fraction of sp³-hybridized carbons (Fsp3) is 0.722. The molecule has 0 aliphatic carbocycles. The molecule has 1 N–H and O–H groups in total. The molecule has 2 aliphatic rings. The van der Waals surface area contributed by atoms with E-state index < -0.39 is 0 Å². The number of piperazine rings is 1. The van der Waals surface area contributed by atoms with Gasteiger partial charge in [0.05, 0.1) is 32.5 Å². The van der Waals surface area contributed by atoms with Crippen LogP contribution in [-0.4, -0.2) is 109 Å². The van der Waals surface area contributed by atoms with Gasteiger partial charge in [0.25, 0.3) is 0 Å². The van der Waals surface area contributed by atoms with Gasteiger partial charge in [0.1, 0.15) is 0 Å². The molecule has 3 heterocycles. The van der Waals surface area contributed by atoms with Crippen molar-refractivity contribution in [2.45, 2.75) is 13.5 Å². The Hall–Kier alpha value is -1.40. The molecule has 0 unspecified atom stereocenters. The van der Waals surface area contributed by atoms with E-state index in [2.05, 4.69) is 25.2 Å². The van der Waals surface area contributed by atoms with Crippen LogP contribution in [0, 0.1) is 6.92 Å². The van der Waals surface area contributed by atoms with E-state index in [1.165, 1.54) is 5.56 Å². The van der Waals surface area contributed by atoms with Gasteiger partial charge in [-0.25, -0.2) is 0 Å². The number of nitrogens with zero attached hydrogens (tertiary/aromatic N) is 6. The van der Waals surface area contributed by atoms with Crippen LogP contribution >= 0.6 is 24.0 Å². The fourth-order valence-corrected chi connectivity index (χ4v) is 3.43. The van der Waals surface area contributed by atoms with E-state index in [1.54, 1.807) is 0 Å². The number of aryl methyl sites for hydroxylation is 1. The average Bonchev–Trinajstić information content (AvgIpc) is 3.12. The van der Waals surface area contributed by atoms with Gasteiger partial charge in [-0.2, -0.15) is 5.10 Å². The number of aromatic nitrogens is 2. The molecule has 0 aromatic carbocycles. The standard InChI is InChI=1S/C18H31N7O2.HI/c1-16-13-21-25(14-16)4-3-20-18(19-2)24-7-5-22(6-8-24)15-17(26)23-9-11-27-12-10-23;/h13-14H,3-12,15H2,1-2H3,(H,19,20);1H. The third kappa shape index (κ3) is 6.59. The lowest BCUT2D eigenvalue weighted by Gasteiger charge is -2.37. The maximum Gasteiger partial charge on any atom is 0.236 e. The van der Waals surface area contributed by atoms with Crippen molar-refractivity contribution in [3.05, 3.63) is 18.0 Å². The summed E-state index contributed by atoms with van der Waals surface area (Å²) >= 11 is 0. The maximum absolute atomic E-state index is 12.4. The summed E-state index contributed by atoms with van der Waals surface area (Å²) in [6.07, 6.45) is 3.90. The Labute approximate surface area is 184 Å². The van der Waals surface area contributed by atoms with Gasteiger partial charge in [-0.1, -0.05) is 0 Å². The Morgan fingerprint density at radius 2 is 1.89 bits per heavy atom. The smallest absolute Gasteiger partial charge is 0.236 e. The van der Waals surface area contributed by atoms with Gasteiger partial charge in [0, 0.05) is 59.1 Å². The highest BCUT2D eigenvalue weighted by Gasteiger charge is 2.24. The fourth-order valence-electron chi connectivity index (χ4n) is 3.43. The van der Waals surface area contributed by atoms with Crippen LogP contribution in [0.3, 0.4) is 0 Å². The van der Waals surface area contributed by atoms with Crippen molar-refractivity contribution in [3.8, 4) is 0 Å². The van der Waals surface area contributed by atoms with Crippen LogP contribution in [-0.2, 0) is 16.1 Å². The predicted octanol–water partition coefficient (Wildman–Crippen LogP) is -0.139. The highest BCUT2D eigenvalue weighted by molar-refractivity contribution is 14.0. The van der Waals surface area contributed by atoms with Crippen LogP contribution in [0.2, 0.25) is 0 Å². The van der Waals surface area contributed by atoms with E-state index in [4.69, 9.17) is 4.74 Å². The molecular formula is C18H32IN7O2. The molecule has 9 nitrogen and oxygen atoms in total. The molecule has 1 aromatic rings. The van der Waals surface area contributed by atoms with E-state index in [0.717, 1.165) is 45.2 Å². The molecule has 0 atom stereocenters. The molecule has 0 saturated carbocycles. The molecule has 2 fully saturated rings. The van der Waals surface area contributed by atoms with E-state index in [1.807, 2.05) is 35.9 Å². The highest BCUT2D eigenvalue weighted by Crippen LogP contribution is 2.05. The minimum absolute atomic E-state index is 0. The van der Waals surface area contributed by atoms with Crippen molar-refractivity contribution < 1.29 is 9.53 Å². The van der Waals surface area contributed by atoms with Crippen molar-refractivity contribution in [2.75, 3.05) is 72.6 Å². The average molecular weight is 505 g/mol. The molecule has 3 rings (SSSR count). The summed E-state index contributed by atoms with van der Waals surface area (Å²) in [6, 6.07) is 0. The second-order valence-corrected chi connectivity index (χ2v) is 7.01. The first kappa shape index (κ1) is 22.9. The van der Waals surface area contributed by atoms with Crippen LogP contribution in [0.15, 0.2) is 17.4 Å². The first-order valence-corrected chi connectivity index (χ1v) is 9.68. The van der Waals surface area contributed by atoms with E-state index >= 15 is 0 Å². The maximum atomic E-state index is 12.4. The lowest BCUT2D eigenvalue weighted by Crippen LogP contribution is -2.55. The number of hydrogen-bond donors (Lipinski definition) is 1. The first-order chi connectivity index (χ1) is 13.2. The molecule has 2 aliphatic heterocycles. The second-order valence-electron chi connectivity index (χ2n) is 7.01. The normalized spacial score (nSPS) is 18.7. The van der Waals surface area contributed by atoms with Crippen LogP contribution in [0.5, 0.6) is 0 Å². The Bertz CT molecular complexity index is 638. The molecule has 0 spiro atoms. The van der Waals surface area contributed by atoms with Gasteiger partial charge in [-0.15, -0.1) is 24.0 Å². The number of ether oxygens (including phenoxy) is 1. The van der Waals surface area contributed by atoms with Crippen LogP contribution in [0.1, 0.15) is 5.56 Å². The Kier molecular flexibility index (Phi) is 9.45. The highest BCUT2D eigenvalue weighted by atomic mass is 127. The van der Waals surface area contributed by atoms with Crippen LogP contribution in [0.4, 0.5) is 0 Å². The molecule has 1 aromatic heterocycles. The molecule has 10 heteroatoms. The van der Waals surface area contributed by atoms with E-state index in [9.17, 15) is 4.79 Å². The van der Waals surface area contributed by atoms with Crippen molar-refractivity contribution >= 4 is 35.8 Å². The number of halogens is 1. The minimum Gasteiger partial charge on any atom is -0.378 e. The van der Waals surface area contributed by atoms with Gasteiger partial charge in [0.15, 0.2) is 5.96 Å². The van der Waals surface area contributed by atoms with Crippen molar-refractivity contribution in [1.29, 1.82) is 0 Å². The number of guanidine groups is 1. The summed E-state index contributed by atoms with van der Waals surface area (Å²) < 4.78 is 7.25. The SMILES string of the molecule is CN=C(NCCn1cc(C)cn1)N1CCN(CC(=O)N2CCOCC2)CC1.I. The molecular weight excluding hydrogens is 473 g/mol. The molecule has 1 amide bonds. The third-order valence-corrected chi connectivity index (χ3v) is 4.99. The number of carbonyl (C=O) groups is 1. The van der Waals surface area contributed by atoms with Crippen molar-refractivity contribution in [2.24, 2.45) is 4.99 Å². The molecule has 28 heavy (non-hydrogen) atoms. The number of aliphatic imine (C=N–C) groups is 1. The Morgan fingerprint density at radius 1 is 1.18 bits per heavy atom. The second kappa shape index (κ2) is 11.6. The number of amides is 1. The van der Waals surface area contributed by atoms with Crippen LogP contribution in [0.25, 0.3) is 0 Å². The third-order valence-electron chi connectivity index (χ3n) is 4.99. The summed E-state index contributed by atoms with van der Waals surface area (Å²) in [6.45, 7) is 10.3. The molecule has 0 bridgehead atoms. The van der Waals surface area contributed by atoms with E-state index in [-0.39, 0.29) is 29.9 Å².